The van der Waals surface area contributed by atoms with Crippen LogP contribution in [-0.2, 0) is 21.1 Å². The number of aryl methyl sites for hydroxylation is 1. The topological polar surface area (TPSA) is 83.5 Å². The number of hydrogen-bond donors (Lipinski definition) is 2. The molecule has 0 fully saturated rings. The van der Waals surface area contributed by atoms with Crippen LogP contribution in [0.4, 0.5) is 5.69 Å². The molecule has 5 nitrogen and oxygen atoms in total. The number of aliphatic hydroxyl groups excluding tert-OH is 1. The number of anilines is 1. The van der Waals surface area contributed by atoms with E-state index in [0.717, 1.165) is 11.0 Å². The van der Waals surface area contributed by atoms with Crippen LogP contribution >= 0.6 is 0 Å². The van der Waals surface area contributed by atoms with Gasteiger partial charge in [-0.3, -0.25) is 4.79 Å². The van der Waals surface area contributed by atoms with Crippen molar-refractivity contribution in [3.8, 4) is 0 Å². The molecule has 126 valence electrons. The Morgan fingerprint density at radius 2 is 1.83 bits per heavy atom. The van der Waals surface area contributed by atoms with Crippen LogP contribution in [-0.4, -0.2) is 19.4 Å². The van der Waals surface area contributed by atoms with E-state index in [4.69, 9.17) is 0 Å². The Labute approximate surface area is 141 Å². The highest BCUT2D eigenvalue weighted by Gasteiger charge is 2.14. The van der Waals surface area contributed by atoms with Crippen molar-refractivity contribution in [3.63, 3.8) is 0 Å². The normalized spacial score (nSPS) is 12.0. The van der Waals surface area contributed by atoms with E-state index in [0.29, 0.717) is 11.3 Å². The van der Waals surface area contributed by atoms with E-state index in [1.54, 1.807) is 30.3 Å². The highest BCUT2D eigenvalue weighted by atomic mass is 32.2. The maximum absolute atomic E-state index is 12.3. The monoisotopic (exact) mass is 345 g/mol. The fourth-order valence-corrected chi connectivity index (χ4v) is 3.39. The van der Waals surface area contributed by atoms with Crippen LogP contribution in [0.25, 0.3) is 0 Å². The smallest absolute Gasteiger partial charge is 0.221 e. The molecule has 0 heterocycles. The van der Waals surface area contributed by atoms with Gasteiger partial charge in [0.1, 0.15) is 5.76 Å². The molecule has 0 aliphatic carbocycles. The van der Waals surface area contributed by atoms with E-state index in [1.165, 1.54) is 19.1 Å². The molecule has 0 saturated carbocycles. The fourth-order valence-electron chi connectivity index (χ4n) is 2.27. The minimum atomic E-state index is -3.73. The van der Waals surface area contributed by atoms with Crippen LogP contribution in [0.2, 0.25) is 0 Å². The summed E-state index contributed by atoms with van der Waals surface area (Å²) < 4.78 is 24.5. The van der Waals surface area contributed by atoms with E-state index < -0.39 is 9.84 Å². The number of benzene rings is 2. The van der Waals surface area contributed by atoms with Gasteiger partial charge in [-0.2, -0.15) is 0 Å². The van der Waals surface area contributed by atoms with Gasteiger partial charge in [0, 0.05) is 19.0 Å². The van der Waals surface area contributed by atoms with Gasteiger partial charge in [-0.15, -0.1) is 0 Å². The van der Waals surface area contributed by atoms with E-state index in [9.17, 15) is 18.3 Å². The van der Waals surface area contributed by atoms with Gasteiger partial charge < -0.3 is 10.4 Å². The van der Waals surface area contributed by atoms with Crippen molar-refractivity contribution in [1.29, 1.82) is 0 Å². The molecule has 0 atom stereocenters. The molecule has 0 aliphatic heterocycles. The molecule has 24 heavy (non-hydrogen) atoms. The summed E-state index contributed by atoms with van der Waals surface area (Å²) >= 11 is 0. The first-order chi connectivity index (χ1) is 11.3. The maximum atomic E-state index is 12.3. The SMILES string of the molecule is CC(=O)Nc1ccc(C)cc1C/C(O)=C/S(=O)(=O)c1ccccc1. The average molecular weight is 345 g/mol. The summed E-state index contributed by atoms with van der Waals surface area (Å²) in [5, 5.41) is 13.6. The minimum Gasteiger partial charge on any atom is -0.511 e. The Morgan fingerprint density at radius 1 is 1.17 bits per heavy atom. The van der Waals surface area contributed by atoms with Crippen LogP contribution in [0.5, 0.6) is 0 Å². The Kier molecular flexibility index (Phi) is 5.41. The first-order valence-electron chi connectivity index (χ1n) is 7.35. The lowest BCUT2D eigenvalue weighted by Gasteiger charge is -2.11. The molecule has 2 N–H and O–H groups in total. The molecule has 2 aromatic rings. The van der Waals surface area contributed by atoms with E-state index >= 15 is 0 Å². The first kappa shape index (κ1) is 17.7. The highest BCUT2D eigenvalue weighted by Crippen LogP contribution is 2.21. The molecular formula is C18H19NO4S. The van der Waals surface area contributed by atoms with Crippen LogP contribution in [0.1, 0.15) is 18.1 Å². The van der Waals surface area contributed by atoms with Crippen molar-refractivity contribution >= 4 is 21.4 Å². The number of rotatable bonds is 5. The lowest BCUT2D eigenvalue weighted by atomic mass is 10.1. The molecule has 0 aromatic heterocycles. The second-order valence-electron chi connectivity index (χ2n) is 5.49. The number of carbonyl (C=O) groups is 1. The molecule has 2 aromatic carbocycles. The largest absolute Gasteiger partial charge is 0.511 e. The summed E-state index contributed by atoms with van der Waals surface area (Å²) in [6, 6.07) is 13.2. The van der Waals surface area contributed by atoms with Gasteiger partial charge in [-0.05, 0) is 30.7 Å². The Balaban J connectivity index is 2.31. The van der Waals surface area contributed by atoms with Crippen molar-refractivity contribution < 1.29 is 18.3 Å². The quantitative estimate of drug-likeness (QED) is 0.814. The van der Waals surface area contributed by atoms with Gasteiger partial charge in [0.05, 0.1) is 10.3 Å². The van der Waals surface area contributed by atoms with E-state index in [-0.39, 0.29) is 23.0 Å². The lowest BCUT2D eigenvalue weighted by molar-refractivity contribution is -0.114. The summed E-state index contributed by atoms with van der Waals surface area (Å²) in [6.07, 6.45) is 0.00333. The molecule has 2 rings (SSSR count). The maximum Gasteiger partial charge on any atom is 0.221 e. The van der Waals surface area contributed by atoms with E-state index in [2.05, 4.69) is 5.32 Å². The average Bonchev–Trinajstić information content (AvgIpc) is 2.50. The van der Waals surface area contributed by atoms with Gasteiger partial charge in [-0.25, -0.2) is 8.42 Å². The van der Waals surface area contributed by atoms with Crippen molar-refractivity contribution in [2.45, 2.75) is 25.2 Å². The van der Waals surface area contributed by atoms with Gasteiger partial charge in [0.25, 0.3) is 0 Å². The number of sulfone groups is 1. The van der Waals surface area contributed by atoms with Crippen molar-refractivity contribution in [2.24, 2.45) is 0 Å². The Bertz CT molecular complexity index is 871. The molecular weight excluding hydrogens is 326 g/mol. The molecule has 0 saturated heterocycles. The molecule has 0 bridgehead atoms. The molecule has 0 spiro atoms. The second kappa shape index (κ2) is 7.31. The number of aliphatic hydroxyl groups is 1. The zero-order valence-electron chi connectivity index (χ0n) is 13.5. The summed E-state index contributed by atoms with van der Waals surface area (Å²) in [5.41, 5.74) is 2.13. The molecule has 6 heteroatoms. The van der Waals surface area contributed by atoms with Crippen molar-refractivity contribution in [2.75, 3.05) is 5.32 Å². The standard InChI is InChI=1S/C18H19NO4S/c1-13-8-9-18(19-14(2)20)15(10-13)11-16(21)12-24(22,23)17-6-4-3-5-7-17/h3-10,12,21H,11H2,1-2H3,(H,19,20)/b16-12-. The summed E-state index contributed by atoms with van der Waals surface area (Å²) in [7, 11) is -3.73. The van der Waals surface area contributed by atoms with Crippen LogP contribution in [0.15, 0.2) is 64.6 Å². The second-order valence-corrected chi connectivity index (χ2v) is 7.28. The van der Waals surface area contributed by atoms with Gasteiger partial charge in [0.2, 0.25) is 15.7 Å². The van der Waals surface area contributed by atoms with Crippen molar-refractivity contribution in [3.05, 3.63) is 70.8 Å². The Morgan fingerprint density at radius 3 is 2.46 bits per heavy atom. The van der Waals surface area contributed by atoms with Gasteiger partial charge in [-0.1, -0.05) is 35.9 Å². The zero-order chi connectivity index (χ0) is 17.7. The number of hydrogen-bond acceptors (Lipinski definition) is 4. The number of allylic oxidation sites excluding steroid dienone is 1. The molecule has 1 amide bonds. The molecule has 0 radical (unpaired) electrons. The first-order valence-corrected chi connectivity index (χ1v) is 8.89. The van der Waals surface area contributed by atoms with Crippen molar-refractivity contribution in [1.82, 2.24) is 0 Å². The summed E-state index contributed by atoms with van der Waals surface area (Å²) in [6.45, 7) is 3.27. The molecule has 0 unspecified atom stereocenters. The number of amides is 1. The molecule has 0 aliphatic rings. The van der Waals surface area contributed by atoms with E-state index in [1.807, 2.05) is 13.0 Å². The summed E-state index contributed by atoms with van der Waals surface area (Å²) in [5.74, 6) is -0.531. The third kappa shape index (κ3) is 4.70. The Hall–Kier alpha value is -2.60. The van der Waals surface area contributed by atoms with Gasteiger partial charge >= 0.3 is 0 Å². The zero-order valence-corrected chi connectivity index (χ0v) is 14.3. The lowest BCUT2D eigenvalue weighted by Crippen LogP contribution is -2.09. The number of nitrogens with one attached hydrogen (secondary N) is 1. The summed E-state index contributed by atoms with van der Waals surface area (Å²) in [4.78, 5) is 11.4. The van der Waals surface area contributed by atoms with Crippen LogP contribution in [0.3, 0.4) is 0 Å². The minimum absolute atomic E-state index is 0.00333. The fraction of sp³-hybridized carbons (Fsp3) is 0.167. The predicted octanol–water partition coefficient (Wildman–Crippen LogP) is 3.37. The highest BCUT2D eigenvalue weighted by molar-refractivity contribution is 7.94. The van der Waals surface area contributed by atoms with Crippen LogP contribution < -0.4 is 5.32 Å². The van der Waals surface area contributed by atoms with Gasteiger partial charge in [0.15, 0.2) is 0 Å². The number of carbonyl (C=O) groups excluding carboxylic acids is 1. The predicted molar refractivity (Wildman–Crippen MR) is 93.5 cm³/mol. The third-order valence-corrected chi connectivity index (χ3v) is 4.82. The van der Waals surface area contributed by atoms with Crippen LogP contribution in [0, 0.1) is 6.92 Å². The third-order valence-electron chi connectivity index (χ3n) is 3.31.